The van der Waals surface area contributed by atoms with Crippen LogP contribution in [0.25, 0.3) is 0 Å². The van der Waals surface area contributed by atoms with Gasteiger partial charge < -0.3 is 14.4 Å². The highest BCUT2D eigenvalue weighted by Crippen LogP contribution is 2.16. The summed E-state index contributed by atoms with van der Waals surface area (Å²) in [5, 5.41) is 0. The van der Waals surface area contributed by atoms with Crippen LogP contribution in [0.2, 0.25) is 0 Å². The standard InChI is InChI=1S/C10H17NO3/c1-13-8-9-3-5-11(7-9)6-4-10(12)14-2/h4,6,9H,3,5,7-8H2,1-2H3. The third-order valence-electron chi connectivity index (χ3n) is 2.34. The van der Waals surface area contributed by atoms with E-state index in [0.29, 0.717) is 5.92 Å². The zero-order chi connectivity index (χ0) is 10.4. The summed E-state index contributed by atoms with van der Waals surface area (Å²) in [6, 6.07) is 0. The smallest absolute Gasteiger partial charge is 0.331 e. The molecule has 1 saturated heterocycles. The number of hydrogen-bond donors (Lipinski definition) is 0. The van der Waals surface area contributed by atoms with Crippen LogP contribution in [0.3, 0.4) is 0 Å². The molecule has 4 nitrogen and oxygen atoms in total. The number of esters is 1. The molecule has 0 aliphatic carbocycles. The first-order valence-corrected chi connectivity index (χ1v) is 4.75. The molecule has 0 aromatic heterocycles. The van der Waals surface area contributed by atoms with E-state index in [1.807, 2.05) is 0 Å². The molecule has 1 atom stereocenters. The van der Waals surface area contributed by atoms with Crippen molar-refractivity contribution in [3.05, 3.63) is 12.3 Å². The maximum absolute atomic E-state index is 10.8. The monoisotopic (exact) mass is 199 g/mol. The SMILES string of the molecule is COCC1CCN(C=CC(=O)OC)C1. The summed E-state index contributed by atoms with van der Waals surface area (Å²) in [4.78, 5) is 12.9. The Kier molecular flexibility index (Phi) is 4.46. The number of nitrogens with zero attached hydrogens (tertiary/aromatic N) is 1. The molecule has 1 rings (SSSR count). The predicted molar refractivity (Wildman–Crippen MR) is 52.7 cm³/mol. The molecule has 0 saturated carbocycles. The Bertz CT molecular complexity index is 215. The largest absolute Gasteiger partial charge is 0.466 e. The van der Waals surface area contributed by atoms with Crippen LogP contribution < -0.4 is 0 Å². The fraction of sp³-hybridized carbons (Fsp3) is 0.700. The Morgan fingerprint density at radius 2 is 2.36 bits per heavy atom. The molecule has 0 amide bonds. The minimum atomic E-state index is -0.305. The topological polar surface area (TPSA) is 38.8 Å². The number of carbonyl (C=O) groups excluding carboxylic acids is 1. The van der Waals surface area contributed by atoms with Crippen LogP contribution in [0.1, 0.15) is 6.42 Å². The van der Waals surface area contributed by atoms with Gasteiger partial charge in [0.1, 0.15) is 0 Å². The van der Waals surface area contributed by atoms with Gasteiger partial charge in [-0.25, -0.2) is 4.79 Å². The zero-order valence-electron chi connectivity index (χ0n) is 8.73. The first-order valence-electron chi connectivity index (χ1n) is 4.75. The van der Waals surface area contributed by atoms with E-state index in [4.69, 9.17) is 4.74 Å². The van der Waals surface area contributed by atoms with Crippen molar-refractivity contribution in [2.45, 2.75) is 6.42 Å². The number of ether oxygens (including phenoxy) is 2. The van der Waals surface area contributed by atoms with Crippen LogP contribution in [0.4, 0.5) is 0 Å². The molecule has 80 valence electrons. The maximum Gasteiger partial charge on any atom is 0.331 e. The highest BCUT2D eigenvalue weighted by atomic mass is 16.5. The third kappa shape index (κ3) is 3.38. The molecule has 1 aliphatic heterocycles. The molecule has 0 bridgehead atoms. The predicted octanol–water partition coefficient (Wildman–Crippen LogP) is 0.641. The second-order valence-corrected chi connectivity index (χ2v) is 3.44. The van der Waals surface area contributed by atoms with Gasteiger partial charge in [-0.15, -0.1) is 0 Å². The van der Waals surface area contributed by atoms with E-state index in [1.54, 1.807) is 13.3 Å². The second kappa shape index (κ2) is 5.65. The van der Waals surface area contributed by atoms with Crippen molar-refractivity contribution < 1.29 is 14.3 Å². The van der Waals surface area contributed by atoms with E-state index in [9.17, 15) is 4.79 Å². The van der Waals surface area contributed by atoms with E-state index < -0.39 is 0 Å². The van der Waals surface area contributed by atoms with Gasteiger partial charge in [0, 0.05) is 38.4 Å². The van der Waals surface area contributed by atoms with Crippen molar-refractivity contribution in [2.75, 3.05) is 33.9 Å². The fourth-order valence-electron chi connectivity index (χ4n) is 1.60. The van der Waals surface area contributed by atoms with Gasteiger partial charge in [-0.2, -0.15) is 0 Å². The summed E-state index contributed by atoms with van der Waals surface area (Å²) in [6.45, 7) is 2.74. The Labute approximate surface area is 84.5 Å². The van der Waals surface area contributed by atoms with Crippen molar-refractivity contribution in [2.24, 2.45) is 5.92 Å². The highest BCUT2D eigenvalue weighted by molar-refractivity contribution is 5.81. The fourth-order valence-corrected chi connectivity index (χ4v) is 1.60. The molecular formula is C10H17NO3. The Balaban J connectivity index is 2.28. The van der Waals surface area contributed by atoms with Crippen LogP contribution in [-0.4, -0.2) is 44.8 Å². The molecular weight excluding hydrogens is 182 g/mol. The molecule has 1 aliphatic rings. The Morgan fingerprint density at radius 3 is 3.00 bits per heavy atom. The summed E-state index contributed by atoms with van der Waals surface area (Å²) < 4.78 is 9.59. The highest BCUT2D eigenvalue weighted by Gasteiger charge is 2.19. The lowest BCUT2D eigenvalue weighted by Gasteiger charge is -2.12. The summed E-state index contributed by atoms with van der Waals surface area (Å²) in [7, 11) is 3.09. The number of methoxy groups -OCH3 is 2. The average Bonchev–Trinajstić information content (AvgIpc) is 2.63. The van der Waals surface area contributed by atoms with Crippen molar-refractivity contribution in [3.8, 4) is 0 Å². The molecule has 0 N–H and O–H groups in total. The van der Waals surface area contributed by atoms with Gasteiger partial charge in [0.2, 0.25) is 0 Å². The number of likely N-dealkylation sites (tertiary alicyclic amines) is 1. The van der Waals surface area contributed by atoms with Gasteiger partial charge in [0.15, 0.2) is 0 Å². The van der Waals surface area contributed by atoms with Gasteiger partial charge in [-0.05, 0) is 6.42 Å². The van der Waals surface area contributed by atoms with E-state index >= 15 is 0 Å². The minimum absolute atomic E-state index is 0.305. The number of carbonyl (C=O) groups is 1. The lowest BCUT2D eigenvalue weighted by molar-refractivity contribution is -0.134. The molecule has 1 fully saturated rings. The molecule has 0 radical (unpaired) electrons. The van der Waals surface area contributed by atoms with Gasteiger partial charge in [-0.3, -0.25) is 0 Å². The molecule has 1 unspecified atom stereocenters. The lowest BCUT2D eigenvalue weighted by atomic mass is 10.1. The molecule has 1 heterocycles. The number of rotatable bonds is 4. The van der Waals surface area contributed by atoms with Crippen molar-refractivity contribution in [3.63, 3.8) is 0 Å². The minimum Gasteiger partial charge on any atom is -0.466 e. The zero-order valence-corrected chi connectivity index (χ0v) is 8.73. The average molecular weight is 199 g/mol. The number of hydrogen-bond acceptors (Lipinski definition) is 4. The van der Waals surface area contributed by atoms with E-state index in [2.05, 4.69) is 9.64 Å². The molecule has 0 aromatic carbocycles. The first kappa shape index (κ1) is 11.0. The Hall–Kier alpha value is -1.03. The summed E-state index contributed by atoms with van der Waals surface area (Å²) >= 11 is 0. The lowest BCUT2D eigenvalue weighted by Crippen LogP contribution is -2.16. The van der Waals surface area contributed by atoms with Crippen LogP contribution in [0.5, 0.6) is 0 Å². The van der Waals surface area contributed by atoms with Crippen LogP contribution >= 0.6 is 0 Å². The van der Waals surface area contributed by atoms with Gasteiger partial charge in [-0.1, -0.05) is 0 Å². The quantitative estimate of drug-likeness (QED) is 0.492. The van der Waals surface area contributed by atoms with E-state index in [0.717, 1.165) is 26.1 Å². The van der Waals surface area contributed by atoms with Gasteiger partial charge in [0.25, 0.3) is 0 Å². The van der Waals surface area contributed by atoms with Gasteiger partial charge in [0.05, 0.1) is 13.7 Å². The summed E-state index contributed by atoms with van der Waals surface area (Å²) in [5.74, 6) is 0.280. The van der Waals surface area contributed by atoms with Gasteiger partial charge >= 0.3 is 5.97 Å². The molecule has 4 heteroatoms. The third-order valence-corrected chi connectivity index (χ3v) is 2.34. The normalized spacial score (nSPS) is 21.9. The van der Waals surface area contributed by atoms with Crippen molar-refractivity contribution in [1.29, 1.82) is 0 Å². The van der Waals surface area contributed by atoms with Crippen molar-refractivity contribution >= 4 is 5.97 Å². The Morgan fingerprint density at radius 1 is 1.57 bits per heavy atom. The maximum atomic E-state index is 10.8. The van der Waals surface area contributed by atoms with E-state index in [1.165, 1.54) is 13.2 Å². The van der Waals surface area contributed by atoms with Crippen molar-refractivity contribution in [1.82, 2.24) is 4.90 Å². The second-order valence-electron chi connectivity index (χ2n) is 3.44. The summed E-state index contributed by atoms with van der Waals surface area (Å²) in [6.07, 6.45) is 4.37. The van der Waals surface area contributed by atoms with Crippen LogP contribution in [0, 0.1) is 5.92 Å². The van der Waals surface area contributed by atoms with E-state index in [-0.39, 0.29) is 5.97 Å². The molecule has 0 spiro atoms. The molecule has 0 aromatic rings. The van der Waals surface area contributed by atoms with Crippen LogP contribution in [0.15, 0.2) is 12.3 Å². The van der Waals surface area contributed by atoms with Crippen LogP contribution in [-0.2, 0) is 14.3 Å². The molecule has 14 heavy (non-hydrogen) atoms. The summed E-state index contributed by atoms with van der Waals surface area (Å²) in [5.41, 5.74) is 0. The first-order chi connectivity index (χ1) is 6.76.